The van der Waals surface area contributed by atoms with Crippen molar-refractivity contribution in [3.63, 3.8) is 0 Å². The summed E-state index contributed by atoms with van der Waals surface area (Å²) in [5.74, 6) is 0.371. The minimum absolute atomic E-state index is 0.313. The van der Waals surface area contributed by atoms with Crippen LogP contribution in [0.2, 0.25) is 10.0 Å². The molecule has 0 fully saturated rings. The van der Waals surface area contributed by atoms with Crippen molar-refractivity contribution < 1.29 is 9.53 Å². The van der Waals surface area contributed by atoms with Gasteiger partial charge in [0.15, 0.2) is 0 Å². The Labute approximate surface area is 224 Å². The molecule has 1 aromatic heterocycles. The Hall–Kier alpha value is -4.19. The zero-order chi connectivity index (χ0) is 25.6. The number of benzene rings is 4. The summed E-state index contributed by atoms with van der Waals surface area (Å²) in [5.41, 5.74) is 7.20. The van der Waals surface area contributed by atoms with E-state index in [1.54, 1.807) is 24.4 Å². The van der Waals surface area contributed by atoms with Gasteiger partial charge in [-0.05, 0) is 54.1 Å². The molecule has 0 bridgehead atoms. The molecule has 7 heteroatoms. The van der Waals surface area contributed by atoms with Crippen LogP contribution in [0.5, 0.6) is 5.75 Å². The molecule has 1 amide bonds. The molecule has 0 spiro atoms. The predicted molar refractivity (Wildman–Crippen MR) is 149 cm³/mol. The van der Waals surface area contributed by atoms with Gasteiger partial charge in [-0.25, -0.2) is 10.4 Å². The number of carbonyl (C=O) groups is 1. The van der Waals surface area contributed by atoms with E-state index in [9.17, 15) is 4.79 Å². The maximum absolute atomic E-state index is 13.1. The highest BCUT2D eigenvalue weighted by molar-refractivity contribution is 6.35. The van der Waals surface area contributed by atoms with Crippen molar-refractivity contribution in [3.8, 4) is 17.0 Å². The van der Waals surface area contributed by atoms with Crippen LogP contribution >= 0.6 is 23.2 Å². The molecule has 5 nitrogen and oxygen atoms in total. The molecule has 0 saturated heterocycles. The van der Waals surface area contributed by atoms with Gasteiger partial charge in [-0.15, -0.1) is 0 Å². The Kier molecular flexibility index (Phi) is 7.45. The van der Waals surface area contributed by atoms with Crippen molar-refractivity contribution in [1.29, 1.82) is 0 Å². The molecule has 0 atom stereocenters. The molecule has 0 saturated carbocycles. The standard InChI is InChI=1S/C30H21Cl2N3O2/c31-23-13-12-22(27(32)16-23)19-37-24-14-10-20(11-15-24)18-33-35-30(36)26-17-29(21-6-2-1-3-7-21)34-28-9-5-4-8-25(26)28/h1-18H,19H2,(H,35,36)/b33-18-. The summed E-state index contributed by atoms with van der Waals surface area (Å²) < 4.78 is 5.81. The first kappa shape index (κ1) is 24.5. The van der Waals surface area contributed by atoms with E-state index in [-0.39, 0.29) is 5.91 Å². The summed E-state index contributed by atoms with van der Waals surface area (Å²) in [6.45, 7) is 0.324. The number of carbonyl (C=O) groups excluding carboxylic acids is 1. The quantitative estimate of drug-likeness (QED) is 0.176. The number of nitrogens with zero attached hydrogens (tertiary/aromatic N) is 2. The maximum atomic E-state index is 13.1. The fraction of sp³-hybridized carbons (Fsp3) is 0.0333. The van der Waals surface area contributed by atoms with Crippen LogP contribution in [0, 0.1) is 0 Å². The summed E-state index contributed by atoms with van der Waals surface area (Å²) in [7, 11) is 0. The Morgan fingerprint density at radius 2 is 1.65 bits per heavy atom. The largest absolute Gasteiger partial charge is 0.489 e. The minimum atomic E-state index is -0.313. The number of halogens is 2. The molecule has 0 radical (unpaired) electrons. The Balaban J connectivity index is 1.27. The second-order valence-electron chi connectivity index (χ2n) is 8.23. The van der Waals surface area contributed by atoms with Gasteiger partial charge in [-0.2, -0.15) is 5.10 Å². The third kappa shape index (κ3) is 5.97. The number of hydrogen-bond acceptors (Lipinski definition) is 4. The van der Waals surface area contributed by atoms with Crippen molar-refractivity contribution in [2.24, 2.45) is 5.10 Å². The second kappa shape index (κ2) is 11.2. The SMILES string of the molecule is O=C(N/N=C\c1ccc(OCc2ccc(Cl)cc2Cl)cc1)c1cc(-c2ccccc2)nc2ccccc12. The number of nitrogens with one attached hydrogen (secondary N) is 1. The van der Waals surface area contributed by atoms with Gasteiger partial charge in [0.05, 0.1) is 23.0 Å². The lowest BCUT2D eigenvalue weighted by atomic mass is 10.0. The highest BCUT2D eigenvalue weighted by Gasteiger charge is 2.13. The zero-order valence-corrected chi connectivity index (χ0v) is 21.1. The topological polar surface area (TPSA) is 63.6 Å². The molecular formula is C30H21Cl2N3O2. The van der Waals surface area contributed by atoms with E-state index in [2.05, 4.69) is 10.5 Å². The fourth-order valence-corrected chi connectivity index (χ4v) is 4.26. The molecule has 0 aliphatic heterocycles. The molecule has 1 heterocycles. The number of hydrogen-bond donors (Lipinski definition) is 1. The van der Waals surface area contributed by atoms with Crippen molar-refractivity contribution in [1.82, 2.24) is 10.4 Å². The summed E-state index contributed by atoms with van der Waals surface area (Å²) >= 11 is 12.1. The van der Waals surface area contributed by atoms with Crippen molar-refractivity contribution >= 4 is 46.2 Å². The molecule has 4 aromatic carbocycles. The van der Waals surface area contributed by atoms with Crippen LogP contribution in [-0.4, -0.2) is 17.1 Å². The average Bonchev–Trinajstić information content (AvgIpc) is 2.93. The van der Waals surface area contributed by atoms with Gasteiger partial charge in [0.25, 0.3) is 5.91 Å². The van der Waals surface area contributed by atoms with Gasteiger partial charge in [0, 0.05) is 26.6 Å². The highest BCUT2D eigenvalue weighted by Crippen LogP contribution is 2.25. The third-order valence-electron chi connectivity index (χ3n) is 5.70. The van der Waals surface area contributed by atoms with Crippen LogP contribution in [0.4, 0.5) is 0 Å². The van der Waals surface area contributed by atoms with E-state index in [0.717, 1.165) is 33.3 Å². The normalized spacial score (nSPS) is 11.1. The van der Waals surface area contributed by atoms with Gasteiger partial charge in [0.2, 0.25) is 0 Å². The summed E-state index contributed by atoms with van der Waals surface area (Å²) in [6, 6.07) is 31.8. The number of amides is 1. The van der Waals surface area contributed by atoms with Crippen LogP contribution in [-0.2, 0) is 6.61 Å². The second-order valence-corrected chi connectivity index (χ2v) is 9.07. The molecular weight excluding hydrogens is 505 g/mol. The number of ether oxygens (including phenoxy) is 1. The first-order valence-electron chi connectivity index (χ1n) is 11.5. The number of fused-ring (bicyclic) bond motifs is 1. The van der Waals surface area contributed by atoms with Crippen LogP contribution in [0.15, 0.2) is 108 Å². The van der Waals surface area contributed by atoms with E-state index in [1.165, 1.54) is 0 Å². The molecule has 0 aliphatic rings. The first-order valence-corrected chi connectivity index (χ1v) is 12.3. The van der Waals surface area contributed by atoms with Crippen LogP contribution in [0.3, 0.4) is 0 Å². The smallest absolute Gasteiger partial charge is 0.272 e. The van der Waals surface area contributed by atoms with Crippen LogP contribution in [0.1, 0.15) is 21.5 Å². The lowest BCUT2D eigenvalue weighted by Crippen LogP contribution is -2.18. The average molecular weight is 526 g/mol. The number of pyridine rings is 1. The Morgan fingerprint density at radius 3 is 2.43 bits per heavy atom. The monoisotopic (exact) mass is 525 g/mol. The van der Waals surface area contributed by atoms with E-state index < -0.39 is 0 Å². The minimum Gasteiger partial charge on any atom is -0.489 e. The van der Waals surface area contributed by atoms with E-state index >= 15 is 0 Å². The van der Waals surface area contributed by atoms with E-state index in [0.29, 0.717) is 28.0 Å². The maximum Gasteiger partial charge on any atom is 0.272 e. The van der Waals surface area contributed by atoms with Gasteiger partial charge < -0.3 is 4.74 Å². The van der Waals surface area contributed by atoms with Gasteiger partial charge >= 0.3 is 0 Å². The summed E-state index contributed by atoms with van der Waals surface area (Å²) in [6.07, 6.45) is 1.58. The first-order chi connectivity index (χ1) is 18.1. The van der Waals surface area contributed by atoms with E-state index in [1.807, 2.05) is 84.9 Å². The summed E-state index contributed by atoms with van der Waals surface area (Å²) in [5, 5.41) is 6.06. The molecule has 5 aromatic rings. The Bertz CT molecular complexity index is 1590. The number of para-hydroxylation sites is 1. The molecule has 182 valence electrons. The molecule has 0 aliphatic carbocycles. The van der Waals surface area contributed by atoms with Crippen molar-refractivity contribution in [3.05, 3.63) is 130 Å². The van der Waals surface area contributed by atoms with Gasteiger partial charge in [-0.3, -0.25) is 4.79 Å². The van der Waals surface area contributed by atoms with E-state index in [4.69, 9.17) is 32.9 Å². The predicted octanol–water partition coefficient (Wildman–Crippen LogP) is 7.55. The van der Waals surface area contributed by atoms with Crippen LogP contribution < -0.4 is 10.2 Å². The Morgan fingerprint density at radius 1 is 0.892 bits per heavy atom. The number of aromatic nitrogens is 1. The van der Waals surface area contributed by atoms with Gasteiger partial charge in [-0.1, -0.05) is 77.8 Å². The lowest BCUT2D eigenvalue weighted by Gasteiger charge is -2.09. The van der Waals surface area contributed by atoms with Crippen molar-refractivity contribution in [2.75, 3.05) is 0 Å². The van der Waals surface area contributed by atoms with Gasteiger partial charge in [0.1, 0.15) is 12.4 Å². The lowest BCUT2D eigenvalue weighted by molar-refractivity contribution is 0.0956. The third-order valence-corrected chi connectivity index (χ3v) is 6.29. The highest BCUT2D eigenvalue weighted by atomic mass is 35.5. The number of hydrazone groups is 1. The number of rotatable bonds is 7. The molecule has 0 unspecified atom stereocenters. The molecule has 1 N–H and O–H groups in total. The fourth-order valence-electron chi connectivity index (χ4n) is 3.80. The molecule has 37 heavy (non-hydrogen) atoms. The zero-order valence-electron chi connectivity index (χ0n) is 19.6. The van der Waals surface area contributed by atoms with Crippen molar-refractivity contribution in [2.45, 2.75) is 6.61 Å². The summed E-state index contributed by atoms with van der Waals surface area (Å²) in [4.78, 5) is 17.8. The van der Waals surface area contributed by atoms with Crippen LogP contribution in [0.25, 0.3) is 22.2 Å². The molecule has 5 rings (SSSR count).